The summed E-state index contributed by atoms with van der Waals surface area (Å²) in [6, 6.07) is -0.103. The number of rotatable bonds is 3. The standard InChI is InChI=1S/C16H30N2O4Si/c1-16(2,3)23(4,5)22-12-9-13(18(10-12)15(20)21)11-6-7-17-14(19)8-11/h11-13H,6-10H2,1-5H3,(H,17,19)(H,20,21)/t11?,12-,13?/m1/s1. The van der Waals surface area contributed by atoms with Crippen LogP contribution in [0.1, 0.15) is 40.0 Å². The Labute approximate surface area is 139 Å². The third-order valence-corrected chi connectivity index (χ3v) is 10.2. The Balaban J connectivity index is 2.09. The van der Waals surface area contributed by atoms with Gasteiger partial charge < -0.3 is 19.7 Å². The number of carbonyl (C=O) groups excluding carboxylic acids is 1. The van der Waals surface area contributed by atoms with Crippen LogP contribution >= 0.6 is 0 Å². The minimum atomic E-state index is -1.93. The third kappa shape index (κ3) is 4.06. The van der Waals surface area contributed by atoms with E-state index in [0.717, 1.165) is 6.42 Å². The summed E-state index contributed by atoms with van der Waals surface area (Å²) in [7, 11) is -1.93. The van der Waals surface area contributed by atoms with E-state index in [0.29, 0.717) is 25.9 Å². The minimum absolute atomic E-state index is 0.0281. The maximum Gasteiger partial charge on any atom is 0.407 e. The van der Waals surface area contributed by atoms with Crippen molar-refractivity contribution in [1.82, 2.24) is 10.2 Å². The van der Waals surface area contributed by atoms with Gasteiger partial charge in [0, 0.05) is 25.6 Å². The Morgan fingerprint density at radius 1 is 1.39 bits per heavy atom. The molecule has 0 aromatic carbocycles. The quantitative estimate of drug-likeness (QED) is 0.773. The van der Waals surface area contributed by atoms with Gasteiger partial charge in [-0.3, -0.25) is 4.79 Å². The molecule has 2 fully saturated rings. The van der Waals surface area contributed by atoms with Crippen molar-refractivity contribution in [3.05, 3.63) is 0 Å². The second-order valence-corrected chi connectivity index (χ2v) is 13.1. The molecule has 2 heterocycles. The first-order valence-corrected chi connectivity index (χ1v) is 11.4. The van der Waals surface area contributed by atoms with Crippen molar-refractivity contribution in [2.24, 2.45) is 5.92 Å². The van der Waals surface area contributed by atoms with Crippen LogP contribution in [0.5, 0.6) is 0 Å². The predicted octanol–water partition coefficient (Wildman–Crippen LogP) is 2.66. The zero-order valence-corrected chi connectivity index (χ0v) is 15.9. The van der Waals surface area contributed by atoms with Gasteiger partial charge in [0.2, 0.25) is 5.91 Å². The number of amides is 2. The van der Waals surface area contributed by atoms with Crippen molar-refractivity contribution in [1.29, 1.82) is 0 Å². The van der Waals surface area contributed by atoms with Gasteiger partial charge in [0.25, 0.3) is 0 Å². The third-order valence-electron chi connectivity index (χ3n) is 5.65. The molecule has 0 spiro atoms. The fourth-order valence-corrected chi connectivity index (χ4v) is 4.67. The van der Waals surface area contributed by atoms with Crippen LogP contribution in [0.25, 0.3) is 0 Å². The van der Waals surface area contributed by atoms with Crippen LogP contribution in [0.3, 0.4) is 0 Å². The zero-order valence-electron chi connectivity index (χ0n) is 14.9. The lowest BCUT2D eigenvalue weighted by molar-refractivity contribution is -0.124. The van der Waals surface area contributed by atoms with E-state index >= 15 is 0 Å². The largest absolute Gasteiger partial charge is 0.465 e. The van der Waals surface area contributed by atoms with Crippen molar-refractivity contribution in [2.75, 3.05) is 13.1 Å². The van der Waals surface area contributed by atoms with Crippen molar-refractivity contribution >= 4 is 20.3 Å². The van der Waals surface area contributed by atoms with Gasteiger partial charge in [-0.25, -0.2) is 4.79 Å². The summed E-state index contributed by atoms with van der Waals surface area (Å²) in [6.07, 6.45) is 1.01. The molecular weight excluding hydrogens is 312 g/mol. The van der Waals surface area contributed by atoms with Crippen molar-refractivity contribution in [2.45, 2.75) is 70.3 Å². The maximum absolute atomic E-state index is 11.6. The lowest BCUT2D eigenvalue weighted by Crippen LogP contribution is -2.45. The highest BCUT2D eigenvalue weighted by Gasteiger charge is 2.46. The molecule has 3 atom stereocenters. The number of hydrogen-bond acceptors (Lipinski definition) is 3. The number of piperidine rings is 1. The number of carboxylic acid groups (broad SMARTS) is 1. The van der Waals surface area contributed by atoms with E-state index in [-0.39, 0.29) is 29.0 Å². The smallest absolute Gasteiger partial charge is 0.407 e. The Morgan fingerprint density at radius 2 is 2.04 bits per heavy atom. The summed E-state index contributed by atoms with van der Waals surface area (Å²) in [5.41, 5.74) is 0. The Kier molecular flexibility index (Phi) is 5.11. The molecule has 0 saturated carbocycles. The second-order valence-electron chi connectivity index (χ2n) is 8.34. The first-order valence-electron chi connectivity index (χ1n) is 8.45. The fourth-order valence-electron chi connectivity index (χ4n) is 3.31. The average molecular weight is 343 g/mol. The van der Waals surface area contributed by atoms with Crippen LogP contribution in [-0.4, -0.2) is 55.6 Å². The van der Waals surface area contributed by atoms with E-state index in [1.165, 1.54) is 4.90 Å². The van der Waals surface area contributed by atoms with Crippen molar-refractivity contribution in [3.63, 3.8) is 0 Å². The molecule has 2 aliphatic rings. The van der Waals surface area contributed by atoms with E-state index in [4.69, 9.17) is 4.43 Å². The molecule has 2 N–H and O–H groups in total. The van der Waals surface area contributed by atoms with Crippen LogP contribution in [0.4, 0.5) is 4.79 Å². The molecule has 6 nitrogen and oxygen atoms in total. The fraction of sp³-hybridized carbons (Fsp3) is 0.875. The van der Waals surface area contributed by atoms with Gasteiger partial charge in [-0.1, -0.05) is 20.8 Å². The summed E-state index contributed by atoms with van der Waals surface area (Å²) in [5, 5.41) is 12.5. The van der Waals surface area contributed by atoms with Crippen LogP contribution < -0.4 is 5.32 Å². The van der Waals surface area contributed by atoms with Crippen LogP contribution in [0, 0.1) is 5.92 Å². The van der Waals surface area contributed by atoms with Crippen LogP contribution in [0.15, 0.2) is 0 Å². The van der Waals surface area contributed by atoms with Gasteiger partial charge in [-0.05, 0) is 36.9 Å². The number of nitrogens with zero attached hydrogens (tertiary/aromatic N) is 1. The lowest BCUT2D eigenvalue weighted by Gasteiger charge is -2.38. The Morgan fingerprint density at radius 3 is 2.57 bits per heavy atom. The van der Waals surface area contributed by atoms with Gasteiger partial charge in [0.15, 0.2) is 8.32 Å². The summed E-state index contributed by atoms with van der Waals surface area (Å²) in [4.78, 5) is 24.8. The SMILES string of the molecule is CC(C)(C)[Si](C)(C)O[C@@H]1CC(C2CCNC(=O)C2)N(C(=O)O)C1. The average Bonchev–Trinajstić information content (AvgIpc) is 2.80. The van der Waals surface area contributed by atoms with Gasteiger partial charge in [-0.2, -0.15) is 0 Å². The van der Waals surface area contributed by atoms with Gasteiger partial charge >= 0.3 is 6.09 Å². The van der Waals surface area contributed by atoms with E-state index in [2.05, 4.69) is 39.2 Å². The summed E-state index contributed by atoms with van der Waals surface area (Å²) >= 11 is 0. The maximum atomic E-state index is 11.6. The molecule has 2 rings (SSSR count). The highest BCUT2D eigenvalue weighted by Crippen LogP contribution is 2.40. The Hall–Kier alpha value is -1.08. The van der Waals surface area contributed by atoms with E-state index < -0.39 is 14.4 Å². The van der Waals surface area contributed by atoms with E-state index in [9.17, 15) is 14.7 Å². The van der Waals surface area contributed by atoms with E-state index in [1.54, 1.807) is 0 Å². The first kappa shape index (κ1) is 18.3. The van der Waals surface area contributed by atoms with Crippen LogP contribution in [-0.2, 0) is 9.22 Å². The van der Waals surface area contributed by atoms with Crippen molar-refractivity contribution in [3.8, 4) is 0 Å². The minimum Gasteiger partial charge on any atom is -0.465 e. The molecule has 132 valence electrons. The van der Waals surface area contributed by atoms with Gasteiger partial charge in [-0.15, -0.1) is 0 Å². The molecule has 0 aromatic rings. The molecule has 2 saturated heterocycles. The molecule has 2 aliphatic heterocycles. The van der Waals surface area contributed by atoms with Crippen LogP contribution in [0.2, 0.25) is 18.1 Å². The molecule has 2 amide bonds. The molecule has 0 aliphatic carbocycles. The first-order chi connectivity index (χ1) is 10.5. The molecule has 0 aromatic heterocycles. The zero-order chi connectivity index (χ0) is 17.4. The van der Waals surface area contributed by atoms with Crippen molar-refractivity contribution < 1.29 is 19.1 Å². The lowest BCUT2D eigenvalue weighted by atomic mass is 9.88. The number of nitrogens with one attached hydrogen (secondary N) is 1. The molecule has 2 unspecified atom stereocenters. The molecule has 0 bridgehead atoms. The topological polar surface area (TPSA) is 78.9 Å². The van der Waals surface area contributed by atoms with Gasteiger partial charge in [0.05, 0.1) is 6.10 Å². The monoisotopic (exact) mass is 342 g/mol. The number of likely N-dealkylation sites (tertiary alicyclic amines) is 1. The molecular formula is C16H30N2O4Si. The van der Waals surface area contributed by atoms with Gasteiger partial charge in [0.1, 0.15) is 0 Å². The summed E-state index contributed by atoms with van der Waals surface area (Å²) < 4.78 is 6.42. The number of hydrogen-bond donors (Lipinski definition) is 2. The second kappa shape index (κ2) is 6.43. The molecule has 23 heavy (non-hydrogen) atoms. The van der Waals surface area contributed by atoms with E-state index in [1.807, 2.05) is 0 Å². The molecule has 7 heteroatoms. The number of carbonyl (C=O) groups is 2. The normalized spacial score (nSPS) is 29.5. The molecule has 0 radical (unpaired) electrons. The summed E-state index contributed by atoms with van der Waals surface area (Å²) in [5.74, 6) is 0.133. The predicted molar refractivity (Wildman–Crippen MR) is 90.9 cm³/mol. The summed E-state index contributed by atoms with van der Waals surface area (Å²) in [6.45, 7) is 12.0. The Bertz CT molecular complexity index is 475. The highest BCUT2D eigenvalue weighted by atomic mass is 28.4. The highest BCUT2D eigenvalue weighted by molar-refractivity contribution is 6.74.